The molecular weight excluding hydrogens is 424 g/mol. The van der Waals surface area contributed by atoms with Crippen molar-refractivity contribution in [2.75, 3.05) is 6.61 Å². The standard InChI is InChI=1S/C22H22O10/c1-8(31-22-21(30)20(29)19(28)13(7-23)32-22)11-6-12(24)14-15(18(11)27)17(26)10-5-3-2-4-9(10)16(14)25/h2-6,8,13,19-24,27-30H,7H2,1H3/t8-,13+,19+,20-,21+,22+/m0/s1. The van der Waals surface area contributed by atoms with Crippen molar-refractivity contribution < 1.29 is 49.7 Å². The maximum Gasteiger partial charge on any atom is 0.198 e. The van der Waals surface area contributed by atoms with Gasteiger partial charge in [0.05, 0.1) is 23.8 Å². The monoisotopic (exact) mass is 446 g/mol. The molecule has 2 aromatic carbocycles. The van der Waals surface area contributed by atoms with E-state index in [4.69, 9.17) is 9.47 Å². The summed E-state index contributed by atoms with van der Waals surface area (Å²) in [5.41, 5.74) is -0.570. The van der Waals surface area contributed by atoms with Crippen LogP contribution in [0, 0.1) is 0 Å². The molecule has 0 radical (unpaired) electrons. The van der Waals surface area contributed by atoms with Crippen molar-refractivity contribution in [3.05, 3.63) is 58.1 Å². The van der Waals surface area contributed by atoms with E-state index >= 15 is 0 Å². The Kier molecular flexibility index (Phi) is 5.76. The molecule has 10 heteroatoms. The molecule has 0 spiro atoms. The molecule has 2 aromatic rings. The number of ether oxygens (including phenoxy) is 2. The van der Waals surface area contributed by atoms with Gasteiger partial charge in [-0.2, -0.15) is 0 Å². The number of phenols is 2. The zero-order chi connectivity index (χ0) is 23.3. The predicted octanol–water partition coefficient (Wildman–Crippen LogP) is -0.249. The first kappa shape index (κ1) is 22.3. The van der Waals surface area contributed by atoms with Crippen LogP contribution >= 0.6 is 0 Å². The zero-order valence-corrected chi connectivity index (χ0v) is 16.9. The lowest BCUT2D eigenvalue weighted by atomic mass is 9.81. The predicted molar refractivity (Wildman–Crippen MR) is 106 cm³/mol. The van der Waals surface area contributed by atoms with Crippen molar-refractivity contribution in [3.8, 4) is 11.5 Å². The Morgan fingerprint density at radius 2 is 1.56 bits per heavy atom. The number of hydrogen-bond acceptors (Lipinski definition) is 10. The smallest absolute Gasteiger partial charge is 0.198 e. The van der Waals surface area contributed by atoms with Crippen molar-refractivity contribution in [1.82, 2.24) is 0 Å². The molecule has 32 heavy (non-hydrogen) atoms. The number of carbonyl (C=O) groups is 2. The summed E-state index contributed by atoms with van der Waals surface area (Å²) in [7, 11) is 0. The molecule has 0 bridgehead atoms. The Balaban J connectivity index is 1.69. The van der Waals surface area contributed by atoms with E-state index in [-0.39, 0.29) is 27.8 Å². The van der Waals surface area contributed by atoms with Gasteiger partial charge in [0, 0.05) is 16.7 Å². The summed E-state index contributed by atoms with van der Waals surface area (Å²) >= 11 is 0. The molecule has 0 aromatic heterocycles. The highest BCUT2D eigenvalue weighted by molar-refractivity contribution is 6.30. The Bertz CT molecular complexity index is 1080. The zero-order valence-electron chi connectivity index (χ0n) is 16.9. The van der Waals surface area contributed by atoms with Gasteiger partial charge in [0.25, 0.3) is 0 Å². The number of aliphatic hydroxyl groups is 4. The van der Waals surface area contributed by atoms with Crippen LogP contribution in [-0.4, -0.2) is 79.5 Å². The number of benzene rings is 2. The molecule has 1 heterocycles. The number of aromatic hydroxyl groups is 2. The fourth-order valence-electron chi connectivity index (χ4n) is 4.04. The fraction of sp³-hybridized carbons (Fsp3) is 0.364. The van der Waals surface area contributed by atoms with E-state index in [0.29, 0.717) is 0 Å². The van der Waals surface area contributed by atoms with Gasteiger partial charge in [0.15, 0.2) is 17.9 Å². The molecule has 1 saturated heterocycles. The number of fused-ring (bicyclic) bond motifs is 2. The van der Waals surface area contributed by atoms with Gasteiger partial charge in [-0.25, -0.2) is 0 Å². The summed E-state index contributed by atoms with van der Waals surface area (Å²) in [4.78, 5) is 25.8. The molecule has 1 aliphatic heterocycles. The average Bonchev–Trinajstić information content (AvgIpc) is 2.78. The van der Waals surface area contributed by atoms with Gasteiger partial charge in [-0.05, 0) is 13.0 Å². The lowest BCUT2D eigenvalue weighted by Crippen LogP contribution is -2.59. The lowest BCUT2D eigenvalue weighted by Gasteiger charge is -2.40. The fourth-order valence-corrected chi connectivity index (χ4v) is 4.04. The summed E-state index contributed by atoms with van der Waals surface area (Å²) in [6.07, 6.45) is -8.73. The van der Waals surface area contributed by atoms with Crippen LogP contribution in [0.25, 0.3) is 0 Å². The third-order valence-electron chi connectivity index (χ3n) is 5.80. The van der Waals surface area contributed by atoms with E-state index in [0.717, 1.165) is 6.07 Å². The minimum absolute atomic E-state index is 0.0706. The van der Waals surface area contributed by atoms with Crippen molar-refractivity contribution in [2.24, 2.45) is 0 Å². The van der Waals surface area contributed by atoms with Crippen molar-refractivity contribution in [1.29, 1.82) is 0 Å². The van der Waals surface area contributed by atoms with E-state index in [1.165, 1.54) is 19.1 Å². The van der Waals surface area contributed by atoms with E-state index in [1.54, 1.807) is 12.1 Å². The number of carbonyl (C=O) groups excluding carboxylic acids is 2. The first-order chi connectivity index (χ1) is 15.2. The van der Waals surface area contributed by atoms with Crippen LogP contribution in [0.3, 0.4) is 0 Å². The molecule has 6 N–H and O–H groups in total. The second kappa shape index (κ2) is 8.24. The second-order valence-corrected chi connectivity index (χ2v) is 7.76. The molecule has 4 rings (SSSR count). The maximum absolute atomic E-state index is 13.0. The largest absolute Gasteiger partial charge is 0.507 e. The van der Waals surface area contributed by atoms with E-state index < -0.39 is 66.5 Å². The van der Waals surface area contributed by atoms with Gasteiger partial charge in [-0.1, -0.05) is 24.3 Å². The van der Waals surface area contributed by atoms with Gasteiger partial charge >= 0.3 is 0 Å². The Hall–Kier alpha value is -2.86. The molecule has 1 aliphatic carbocycles. The summed E-state index contributed by atoms with van der Waals surface area (Å²) < 4.78 is 10.9. The van der Waals surface area contributed by atoms with Gasteiger partial charge in [0.2, 0.25) is 0 Å². The maximum atomic E-state index is 13.0. The van der Waals surface area contributed by atoms with Crippen molar-refractivity contribution in [3.63, 3.8) is 0 Å². The van der Waals surface area contributed by atoms with Gasteiger partial charge in [-0.15, -0.1) is 0 Å². The van der Waals surface area contributed by atoms with Crippen LogP contribution in [0.1, 0.15) is 50.4 Å². The number of ketones is 2. The summed E-state index contributed by atoms with van der Waals surface area (Å²) in [6, 6.07) is 7.11. The SMILES string of the molecule is C[C@H](O[C@@H]1O[C@H](CO)[C@@H](O)[C@H](O)[C@H]1O)c1cc(O)c2c(c1O)C(=O)c1ccccc1C2=O. The second-order valence-electron chi connectivity index (χ2n) is 7.76. The molecule has 0 saturated carbocycles. The summed E-state index contributed by atoms with van der Waals surface area (Å²) in [5.74, 6) is -2.38. The highest BCUT2D eigenvalue weighted by atomic mass is 16.7. The molecule has 0 unspecified atom stereocenters. The lowest BCUT2D eigenvalue weighted by molar-refractivity contribution is -0.311. The topological polar surface area (TPSA) is 174 Å². The average molecular weight is 446 g/mol. The number of rotatable bonds is 4. The molecule has 170 valence electrons. The van der Waals surface area contributed by atoms with Crippen LogP contribution in [0.15, 0.2) is 30.3 Å². The van der Waals surface area contributed by atoms with E-state index in [1.807, 2.05) is 0 Å². The first-order valence-corrected chi connectivity index (χ1v) is 9.90. The Morgan fingerprint density at radius 1 is 0.969 bits per heavy atom. The Labute approximate surface area is 181 Å². The summed E-state index contributed by atoms with van der Waals surface area (Å²) in [6.45, 7) is 0.769. The Morgan fingerprint density at radius 3 is 2.16 bits per heavy atom. The molecule has 1 fully saturated rings. The van der Waals surface area contributed by atoms with Gasteiger partial charge < -0.3 is 40.1 Å². The van der Waals surface area contributed by atoms with Crippen molar-refractivity contribution >= 4 is 11.6 Å². The molecule has 2 aliphatic rings. The molecule has 10 nitrogen and oxygen atoms in total. The highest BCUT2D eigenvalue weighted by Gasteiger charge is 2.45. The molecule has 6 atom stereocenters. The third kappa shape index (κ3) is 3.37. The third-order valence-corrected chi connectivity index (χ3v) is 5.80. The minimum Gasteiger partial charge on any atom is -0.507 e. The van der Waals surface area contributed by atoms with Crippen LogP contribution in [0.4, 0.5) is 0 Å². The quantitative estimate of drug-likeness (QED) is 0.293. The van der Waals surface area contributed by atoms with Crippen molar-refractivity contribution in [2.45, 2.75) is 43.7 Å². The van der Waals surface area contributed by atoms with Crippen LogP contribution in [0.2, 0.25) is 0 Å². The highest BCUT2D eigenvalue weighted by Crippen LogP contribution is 2.43. The van der Waals surface area contributed by atoms with Gasteiger partial charge in [0.1, 0.15) is 35.9 Å². The molecule has 0 amide bonds. The van der Waals surface area contributed by atoms with Crippen LogP contribution in [0.5, 0.6) is 11.5 Å². The summed E-state index contributed by atoms with van der Waals surface area (Å²) in [5, 5.41) is 60.6. The number of hydrogen-bond donors (Lipinski definition) is 6. The van der Waals surface area contributed by atoms with Crippen LogP contribution in [-0.2, 0) is 9.47 Å². The van der Waals surface area contributed by atoms with Crippen LogP contribution < -0.4 is 0 Å². The van der Waals surface area contributed by atoms with E-state index in [2.05, 4.69) is 0 Å². The van der Waals surface area contributed by atoms with Gasteiger partial charge in [-0.3, -0.25) is 9.59 Å². The van der Waals surface area contributed by atoms with E-state index in [9.17, 15) is 40.2 Å². The molecular formula is C22H22O10. The first-order valence-electron chi connectivity index (χ1n) is 9.90. The number of aliphatic hydroxyl groups excluding tert-OH is 4. The number of phenolic OH excluding ortho intramolecular Hbond substituents is 2. The minimum atomic E-state index is -1.68. The normalized spacial score (nSPS) is 28.2.